The van der Waals surface area contributed by atoms with Crippen molar-refractivity contribution in [1.82, 2.24) is 10.1 Å². The molecule has 0 spiro atoms. The predicted molar refractivity (Wildman–Crippen MR) is 68.9 cm³/mol. The van der Waals surface area contributed by atoms with E-state index in [9.17, 15) is 4.79 Å². The highest BCUT2D eigenvalue weighted by molar-refractivity contribution is 9.10. The summed E-state index contributed by atoms with van der Waals surface area (Å²) in [5, 5.41) is 12.4. The third-order valence-electron chi connectivity index (χ3n) is 2.59. The summed E-state index contributed by atoms with van der Waals surface area (Å²) in [5.41, 5.74) is 1.85. The fourth-order valence-corrected chi connectivity index (χ4v) is 2.32. The molecule has 3 aromatic rings. The summed E-state index contributed by atoms with van der Waals surface area (Å²) in [7, 11) is 0. The second-order valence-corrected chi connectivity index (χ2v) is 4.69. The Morgan fingerprint density at radius 3 is 2.89 bits per heavy atom. The van der Waals surface area contributed by atoms with Crippen LogP contribution >= 0.6 is 15.9 Å². The second-order valence-electron chi connectivity index (χ2n) is 3.89. The van der Waals surface area contributed by atoms with Gasteiger partial charge in [0, 0.05) is 12.5 Å². The first-order valence-corrected chi connectivity index (χ1v) is 6.11. The smallest absolute Gasteiger partial charge is 0.359 e. The molecule has 1 aromatic carbocycles. The van der Waals surface area contributed by atoms with Crippen LogP contribution < -0.4 is 0 Å². The van der Waals surface area contributed by atoms with Gasteiger partial charge in [-0.15, -0.1) is 0 Å². The number of oxazole rings is 1. The first kappa shape index (κ1) is 11.9. The minimum Gasteiger partial charge on any atom is -0.476 e. The Kier molecular flexibility index (Phi) is 2.63. The Labute approximate surface area is 115 Å². The number of aromatic nitrogens is 2. The van der Waals surface area contributed by atoms with E-state index in [1.807, 2.05) is 0 Å². The number of aromatic carboxylic acids is 1. The predicted octanol–water partition coefficient (Wildman–Crippen LogP) is 3.25. The van der Waals surface area contributed by atoms with E-state index in [0.29, 0.717) is 32.8 Å². The molecule has 0 unspecified atom stereocenters. The van der Waals surface area contributed by atoms with Crippen molar-refractivity contribution in [2.75, 3.05) is 0 Å². The number of benzene rings is 1. The summed E-state index contributed by atoms with van der Waals surface area (Å²) < 4.78 is 10.7. The SMILES string of the molecule is Cc1nc2cc(-c3onc(C(=O)O)c3Br)ccc2o1. The number of carboxylic acids is 1. The van der Waals surface area contributed by atoms with E-state index in [2.05, 4.69) is 26.1 Å². The molecule has 96 valence electrons. The minimum atomic E-state index is -1.15. The van der Waals surface area contributed by atoms with Crippen LogP contribution in [0.1, 0.15) is 16.4 Å². The van der Waals surface area contributed by atoms with E-state index >= 15 is 0 Å². The largest absolute Gasteiger partial charge is 0.476 e. The van der Waals surface area contributed by atoms with Crippen LogP contribution in [0, 0.1) is 6.92 Å². The maximum absolute atomic E-state index is 10.9. The van der Waals surface area contributed by atoms with Crippen molar-refractivity contribution < 1.29 is 18.8 Å². The normalized spacial score (nSPS) is 11.1. The fraction of sp³-hybridized carbons (Fsp3) is 0.0833. The number of rotatable bonds is 2. The zero-order valence-corrected chi connectivity index (χ0v) is 11.3. The highest BCUT2D eigenvalue weighted by Crippen LogP contribution is 2.32. The maximum atomic E-state index is 10.9. The number of halogens is 1. The molecule has 0 saturated heterocycles. The zero-order valence-electron chi connectivity index (χ0n) is 9.68. The molecule has 2 heterocycles. The summed E-state index contributed by atoms with van der Waals surface area (Å²) in [6.45, 7) is 1.76. The third-order valence-corrected chi connectivity index (χ3v) is 3.33. The molecule has 3 rings (SSSR count). The third kappa shape index (κ3) is 1.91. The van der Waals surface area contributed by atoms with Crippen LogP contribution in [0.4, 0.5) is 0 Å². The van der Waals surface area contributed by atoms with E-state index in [1.165, 1.54) is 0 Å². The standard InChI is InChI=1S/C12H7BrN2O4/c1-5-14-7-4-6(2-3-8(7)18-5)11-9(13)10(12(16)17)15-19-11/h2-4H,1H3,(H,16,17). The van der Waals surface area contributed by atoms with Crippen molar-refractivity contribution in [3.63, 3.8) is 0 Å². The molecule has 1 N–H and O–H groups in total. The van der Waals surface area contributed by atoms with Crippen LogP contribution in [0.5, 0.6) is 0 Å². The van der Waals surface area contributed by atoms with Crippen LogP contribution in [0.25, 0.3) is 22.4 Å². The molecule has 0 aliphatic heterocycles. The lowest BCUT2D eigenvalue weighted by Gasteiger charge is -1.95. The molecule has 0 aliphatic rings. The van der Waals surface area contributed by atoms with Gasteiger partial charge in [0.05, 0.1) is 0 Å². The molecule has 0 bridgehead atoms. The molecule has 6 nitrogen and oxygen atoms in total. The van der Waals surface area contributed by atoms with Crippen molar-refractivity contribution >= 4 is 33.0 Å². The maximum Gasteiger partial charge on any atom is 0.359 e. The first-order valence-electron chi connectivity index (χ1n) is 5.32. The van der Waals surface area contributed by atoms with Crippen LogP contribution in [0.3, 0.4) is 0 Å². The number of nitrogens with zero attached hydrogens (tertiary/aromatic N) is 2. The van der Waals surface area contributed by atoms with Gasteiger partial charge in [-0.1, -0.05) is 5.16 Å². The topological polar surface area (TPSA) is 89.4 Å². The Morgan fingerprint density at radius 1 is 1.42 bits per heavy atom. The number of hydrogen-bond donors (Lipinski definition) is 1. The van der Waals surface area contributed by atoms with Gasteiger partial charge in [-0.2, -0.15) is 0 Å². The van der Waals surface area contributed by atoms with Crippen LogP contribution in [0.2, 0.25) is 0 Å². The van der Waals surface area contributed by atoms with Gasteiger partial charge in [0.25, 0.3) is 0 Å². The number of aryl methyl sites for hydroxylation is 1. The summed E-state index contributed by atoms with van der Waals surface area (Å²) in [6, 6.07) is 5.26. The highest BCUT2D eigenvalue weighted by Gasteiger charge is 2.21. The molecule has 19 heavy (non-hydrogen) atoms. The van der Waals surface area contributed by atoms with E-state index in [0.717, 1.165) is 0 Å². The molecule has 0 saturated carbocycles. The summed E-state index contributed by atoms with van der Waals surface area (Å²) in [5.74, 6) is -0.241. The Balaban J connectivity index is 2.16. The lowest BCUT2D eigenvalue weighted by atomic mass is 10.1. The molecule has 0 aliphatic carbocycles. The van der Waals surface area contributed by atoms with E-state index < -0.39 is 5.97 Å². The van der Waals surface area contributed by atoms with Crippen LogP contribution in [0.15, 0.2) is 31.6 Å². The van der Waals surface area contributed by atoms with Crippen molar-refractivity contribution in [3.8, 4) is 11.3 Å². The van der Waals surface area contributed by atoms with Gasteiger partial charge in [-0.25, -0.2) is 9.78 Å². The van der Waals surface area contributed by atoms with E-state index in [1.54, 1.807) is 25.1 Å². The van der Waals surface area contributed by atoms with Crippen molar-refractivity contribution in [2.45, 2.75) is 6.92 Å². The lowest BCUT2D eigenvalue weighted by Crippen LogP contribution is -1.96. The van der Waals surface area contributed by atoms with Gasteiger partial charge in [-0.3, -0.25) is 0 Å². The lowest BCUT2D eigenvalue weighted by molar-refractivity contribution is 0.0685. The molecular weight excluding hydrogens is 316 g/mol. The summed E-state index contributed by atoms with van der Waals surface area (Å²) >= 11 is 3.18. The van der Waals surface area contributed by atoms with Crippen LogP contribution in [-0.4, -0.2) is 21.2 Å². The quantitative estimate of drug-likeness (QED) is 0.778. The molecule has 0 atom stereocenters. The average molecular weight is 323 g/mol. The number of fused-ring (bicyclic) bond motifs is 1. The van der Waals surface area contributed by atoms with Crippen molar-refractivity contribution in [1.29, 1.82) is 0 Å². The number of carbonyl (C=O) groups is 1. The minimum absolute atomic E-state index is 0.161. The summed E-state index contributed by atoms with van der Waals surface area (Å²) in [6.07, 6.45) is 0. The average Bonchev–Trinajstić information content (AvgIpc) is 2.89. The van der Waals surface area contributed by atoms with Gasteiger partial charge >= 0.3 is 5.97 Å². The first-order chi connectivity index (χ1) is 9.06. The second kappa shape index (κ2) is 4.20. The van der Waals surface area contributed by atoms with Crippen molar-refractivity contribution in [2.24, 2.45) is 0 Å². The van der Waals surface area contributed by atoms with E-state index in [-0.39, 0.29) is 5.69 Å². The van der Waals surface area contributed by atoms with Gasteiger partial charge in [0.2, 0.25) is 5.69 Å². The Hall–Kier alpha value is -2.15. The fourth-order valence-electron chi connectivity index (χ4n) is 1.78. The molecule has 0 amide bonds. The monoisotopic (exact) mass is 322 g/mol. The zero-order chi connectivity index (χ0) is 13.6. The summed E-state index contributed by atoms with van der Waals surface area (Å²) in [4.78, 5) is 15.1. The molecule has 0 radical (unpaired) electrons. The molecule has 2 aromatic heterocycles. The molecular formula is C12H7BrN2O4. The number of hydrogen-bond acceptors (Lipinski definition) is 5. The van der Waals surface area contributed by atoms with Gasteiger partial charge in [-0.05, 0) is 34.1 Å². The van der Waals surface area contributed by atoms with E-state index in [4.69, 9.17) is 14.0 Å². The highest BCUT2D eigenvalue weighted by atomic mass is 79.9. The van der Waals surface area contributed by atoms with Gasteiger partial charge < -0.3 is 14.0 Å². The van der Waals surface area contributed by atoms with Gasteiger partial charge in [0.1, 0.15) is 9.99 Å². The number of carboxylic acid groups (broad SMARTS) is 1. The Bertz CT molecular complexity index is 790. The van der Waals surface area contributed by atoms with Crippen molar-refractivity contribution in [3.05, 3.63) is 34.3 Å². The van der Waals surface area contributed by atoms with Gasteiger partial charge in [0.15, 0.2) is 17.2 Å². The molecule has 7 heteroatoms. The molecule has 0 fully saturated rings. The van der Waals surface area contributed by atoms with Crippen LogP contribution in [-0.2, 0) is 0 Å². The Morgan fingerprint density at radius 2 is 2.21 bits per heavy atom.